The predicted molar refractivity (Wildman–Crippen MR) is 132 cm³/mol. The molecule has 1 aliphatic heterocycles. The van der Waals surface area contributed by atoms with Gasteiger partial charge in [0.05, 0.1) is 23.4 Å². The van der Waals surface area contributed by atoms with E-state index in [2.05, 4.69) is 5.10 Å². The van der Waals surface area contributed by atoms with E-state index in [4.69, 9.17) is 32.7 Å². The molecule has 0 aliphatic carbocycles. The summed E-state index contributed by atoms with van der Waals surface area (Å²) in [6, 6.07) is 19.2. The standard InChI is InChI=1S/C26H20Cl2N2O4/c1-16-20(26(32)30(29-16)25(31)18-8-4-3-5-9-18)12-17-13-22(28)24(23(14-17)33-2)34-15-19-10-6-7-11-21(19)27/h3-14H,15H2,1-2H3/b20-12+. The number of benzene rings is 3. The van der Waals surface area contributed by atoms with Gasteiger partial charge in [-0.2, -0.15) is 10.1 Å². The first-order valence-electron chi connectivity index (χ1n) is 10.3. The van der Waals surface area contributed by atoms with Crippen molar-refractivity contribution in [1.29, 1.82) is 0 Å². The number of rotatable bonds is 6. The molecule has 0 aromatic heterocycles. The predicted octanol–water partition coefficient (Wildman–Crippen LogP) is 6.02. The highest BCUT2D eigenvalue weighted by atomic mass is 35.5. The maximum Gasteiger partial charge on any atom is 0.283 e. The summed E-state index contributed by atoms with van der Waals surface area (Å²) < 4.78 is 11.4. The molecule has 0 spiro atoms. The molecule has 0 N–H and O–H groups in total. The van der Waals surface area contributed by atoms with Gasteiger partial charge in [-0.25, -0.2) is 0 Å². The number of methoxy groups -OCH3 is 1. The van der Waals surface area contributed by atoms with E-state index in [1.54, 1.807) is 61.5 Å². The number of nitrogens with zero attached hydrogens (tertiary/aromatic N) is 2. The fourth-order valence-electron chi connectivity index (χ4n) is 3.42. The van der Waals surface area contributed by atoms with Crippen LogP contribution in [-0.4, -0.2) is 29.6 Å². The van der Waals surface area contributed by atoms with E-state index >= 15 is 0 Å². The highest BCUT2D eigenvalue weighted by molar-refractivity contribution is 6.33. The lowest BCUT2D eigenvalue weighted by molar-refractivity contribution is -0.123. The molecule has 6 nitrogen and oxygen atoms in total. The van der Waals surface area contributed by atoms with Gasteiger partial charge in [-0.15, -0.1) is 0 Å². The molecular formula is C26H20Cl2N2O4. The van der Waals surface area contributed by atoms with E-state index in [0.717, 1.165) is 10.6 Å². The Kier molecular flexibility index (Phi) is 7.01. The van der Waals surface area contributed by atoms with Gasteiger partial charge in [0.1, 0.15) is 6.61 Å². The van der Waals surface area contributed by atoms with Crippen LogP contribution >= 0.6 is 23.2 Å². The molecule has 172 valence electrons. The van der Waals surface area contributed by atoms with Crippen LogP contribution in [0.5, 0.6) is 11.5 Å². The van der Waals surface area contributed by atoms with Crippen molar-refractivity contribution < 1.29 is 19.1 Å². The number of hydrogen-bond donors (Lipinski definition) is 0. The maximum atomic E-state index is 13.0. The minimum atomic E-state index is -0.513. The number of amides is 2. The van der Waals surface area contributed by atoms with Gasteiger partial charge in [-0.3, -0.25) is 9.59 Å². The van der Waals surface area contributed by atoms with Crippen LogP contribution in [0.3, 0.4) is 0 Å². The normalized spacial score (nSPS) is 14.4. The summed E-state index contributed by atoms with van der Waals surface area (Å²) in [5.74, 6) is -0.258. The first-order valence-corrected chi connectivity index (χ1v) is 11.1. The Labute approximate surface area is 207 Å². The second kappa shape index (κ2) is 10.1. The molecule has 2 amide bonds. The van der Waals surface area contributed by atoms with Crippen molar-refractivity contribution in [3.63, 3.8) is 0 Å². The lowest BCUT2D eigenvalue weighted by Crippen LogP contribution is -2.29. The quantitative estimate of drug-likeness (QED) is 0.310. The van der Waals surface area contributed by atoms with Crippen molar-refractivity contribution in [3.05, 3.63) is 99.0 Å². The fraction of sp³-hybridized carbons (Fsp3) is 0.115. The Balaban J connectivity index is 1.59. The van der Waals surface area contributed by atoms with Crippen LogP contribution in [0.25, 0.3) is 6.08 Å². The Morgan fingerprint density at radius 1 is 1.03 bits per heavy atom. The van der Waals surface area contributed by atoms with Crippen LogP contribution in [0.15, 0.2) is 77.4 Å². The summed E-state index contributed by atoms with van der Waals surface area (Å²) in [6.07, 6.45) is 1.62. The Morgan fingerprint density at radius 2 is 1.74 bits per heavy atom. The Bertz CT molecular complexity index is 1320. The summed E-state index contributed by atoms with van der Waals surface area (Å²) >= 11 is 12.7. The summed E-state index contributed by atoms with van der Waals surface area (Å²) in [6.45, 7) is 1.87. The molecule has 0 fully saturated rings. The Hall–Kier alpha value is -3.61. The van der Waals surface area contributed by atoms with Crippen molar-refractivity contribution in [1.82, 2.24) is 5.01 Å². The largest absolute Gasteiger partial charge is 0.493 e. The summed E-state index contributed by atoms with van der Waals surface area (Å²) in [7, 11) is 1.50. The molecule has 3 aromatic carbocycles. The van der Waals surface area contributed by atoms with Crippen LogP contribution in [-0.2, 0) is 11.4 Å². The van der Waals surface area contributed by atoms with Gasteiger partial charge in [0.2, 0.25) is 0 Å². The molecule has 34 heavy (non-hydrogen) atoms. The van der Waals surface area contributed by atoms with E-state index in [1.807, 2.05) is 18.2 Å². The van der Waals surface area contributed by atoms with Crippen molar-refractivity contribution in [2.75, 3.05) is 7.11 Å². The molecule has 1 heterocycles. The monoisotopic (exact) mass is 494 g/mol. The van der Waals surface area contributed by atoms with Crippen LogP contribution in [0.1, 0.15) is 28.4 Å². The fourth-order valence-corrected chi connectivity index (χ4v) is 3.88. The van der Waals surface area contributed by atoms with Crippen LogP contribution in [0, 0.1) is 0 Å². The molecular weight excluding hydrogens is 475 g/mol. The number of carbonyl (C=O) groups excluding carboxylic acids is 2. The number of hydrogen-bond acceptors (Lipinski definition) is 5. The maximum absolute atomic E-state index is 13.0. The van der Waals surface area contributed by atoms with Crippen molar-refractivity contribution in [2.24, 2.45) is 5.10 Å². The van der Waals surface area contributed by atoms with Crippen molar-refractivity contribution in [3.8, 4) is 11.5 Å². The number of hydrazone groups is 1. The molecule has 0 saturated carbocycles. The molecule has 4 rings (SSSR count). The molecule has 0 atom stereocenters. The summed E-state index contributed by atoms with van der Waals surface area (Å²) in [5.41, 5.74) is 2.48. The number of ether oxygens (including phenoxy) is 2. The van der Waals surface area contributed by atoms with Crippen LogP contribution in [0.2, 0.25) is 10.0 Å². The first kappa shape index (κ1) is 23.5. The van der Waals surface area contributed by atoms with E-state index in [1.165, 1.54) is 7.11 Å². The SMILES string of the molecule is COc1cc(/C=C2/C(=O)N(C(=O)c3ccccc3)N=C2C)cc(Cl)c1OCc1ccccc1Cl. The summed E-state index contributed by atoms with van der Waals surface area (Å²) in [4.78, 5) is 25.7. The smallest absolute Gasteiger partial charge is 0.283 e. The average Bonchev–Trinajstić information content (AvgIpc) is 3.12. The topological polar surface area (TPSA) is 68.2 Å². The molecule has 0 radical (unpaired) electrons. The lowest BCUT2D eigenvalue weighted by atomic mass is 10.1. The zero-order chi connectivity index (χ0) is 24.2. The number of halogens is 2. The molecule has 0 unspecified atom stereocenters. The third-order valence-electron chi connectivity index (χ3n) is 5.17. The van der Waals surface area contributed by atoms with Crippen LogP contribution in [0.4, 0.5) is 0 Å². The minimum Gasteiger partial charge on any atom is -0.493 e. The number of carbonyl (C=O) groups is 2. The van der Waals surface area contributed by atoms with E-state index in [-0.39, 0.29) is 12.2 Å². The zero-order valence-corrected chi connectivity index (χ0v) is 19.9. The zero-order valence-electron chi connectivity index (χ0n) is 18.4. The van der Waals surface area contributed by atoms with Crippen molar-refractivity contribution >= 4 is 46.8 Å². The lowest BCUT2D eigenvalue weighted by Gasteiger charge is -2.14. The molecule has 0 bridgehead atoms. The summed E-state index contributed by atoms with van der Waals surface area (Å²) in [5, 5.41) is 5.92. The van der Waals surface area contributed by atoms with E-state index in [9.17, 15) is 9.59 Å². The third kappa shape index (κ3) is 4.83. The van der Waals surface area contributed by atoms with Crippen LogP contribution < -0.4 is 9.47 Å². The molecule has 3 aromatic rings. The van der Waals surface area contributed by atoms with E-state index in [0.29, 0.717) is 38.4 Å². The highest BCUT2D eigenvalue weighted by Crippen LogP contribution is 2.38. The number of imide groups is 1. The first-order chi connectivity index (χ1) is 16.4. The Morgan fingerprint density at radius 3 is 2.44 bits per heavy atom. The molecule has 0 saturated heterocycles. The van der Waals surface area contributed by atoms with Crippen molar-refractivity contribution in [2.45, 2.75) is 13.5 Å². The minimum absolute atomic E-state index is 0.205. The van der Waals surface area contributed by atoms with Gasteiger partial charge in [-0.1, -0.05) is 59.6 Å². The molecule has 8 heteroatoms. The molecule has 1 aliphatic rings. The van der Waals surface area contributed by atoms with E-state index < -0.39 is 11.8 Å². The second-order valence-electron chi connectivity index (χ2n) is 7.45. The van der Waals surface area contributed by atoms with Gasteiger partial charge < -0.3 is 9.47 Å². The van der Waals surface area contributed by atoms with Gasteiger partial charge in [0, 0.05) is 16.1 Å². The third-order valence-corrected chi connectivity index (χ3v) is 5.82. The van der Waals surface area contributed by atoms with Gasteiger partial charge in [0.15, 0.2) is 11.5 Å². The van der Waals surface area contributed by atoms with Gasteiger partial charge in [0.25, 0.3) is 11.8 Å². The highest BCUT2D eigenvalue weighted by Gasteiger charge is 2.33. The van der Waals surface area contributed by atoms with Gasteiger partial charge in [-0.05, 0) is 48.9 Å². The van der Waals surface area contributed by atoms with Gasteiger partial charge >= 0.3 is 0 Å². The second-order valence-corrected chi connectivity index (χ2v) is 8.26. The average molecular weight is 495 g/mol.